The quantitative estimate of drug-likeness (QED) is 0.566. The molecule has 0 heterocycles. The van der Waals surface area contributed by atoms with Gasteiger partial charge in [-0.2, -0.15) is 0 Å². The molecule has 0 spiro atoms. The number of nitrogens with one attached hydrogen (secondary N) is 1. The van der Waals surface area contributed by atoms with E-state index in [2.05, 4.69) is 12.2 Å². The van der Waals surface area contributed by atoms with Crippen LogP contribution in [0.5, 0.6) is 0 Å². The van der Waals surface area contributed by atoms with Crippen molar-refractivity contribution in [1.82, 2.24) is 0 Å². The number of unbranched alkanes of at least 4 members (excludes halogenated alkanes) is 2. The lowest BCUT2D eigenvalue weighted by Gasteiger charge is -2.19. The van der Waals surface area contributed by atoms with Crippen LogP contribution in [-0.2, 0) is 9.59 Å². The van der Waals surface area contributed by atoms with Crippen molar-refractivity contribution in [3.63, 3.8) is 0 Å². The first-order valence-electron chi connectivity index (χ1n) is 8.21. The molecule has 0 bridgehead atoms. The zero-order chi connectivity index (χ0) is 18.1. The third-order valence-electron chi connectivity index (χ3n) is 4.05. The Morgan fingerprint density at radius 2 is 1.71 bits per heavy atom. The van der Waals surface area contributed by atoms with E-state index >= 15 is 0 Å². The average Bonchev–Trinajstić information content (AvgIpc) is 2.51. The fourth-order valence-electron chi connectivity index (χ4n) is 2.61. The summed E-state index contributed by atoms with van der Waals surface area (Å²) in [6, 6.07) is 5.85. The van der Waals surface area contributed by atoms with Crippen LogP contribution in [0.1, 0.15) is 56.3 Å². The smallest absolute Gasteiger partial charge is 0.335 e. The van der Waals surface area contributed by atoms with Gasteiger partial charge in [-0.15, -0.1) is 0 Å². The highest BCUT2D eigenvalue weighted by Crippen LogP contribution is 2.23. The fraction of sp³-hybridized carbons (Fsp3) is 0.500. The predicted octanol–water partition coefficient (Wildman–Crippen LogP) is 3.63. The Kier molecular flexibility index (Phi) is 7.95. The van der Waals surface area contributed by atoms with E-state index in [1.807, 2.05) is 0 Å². The fourth-order valence-corrected chi connectivity index (χ4v) is 2.61. The molecule has 24 heavy (non-hydrogen) atoms. The number of anilines is 1. The summed E-state index contributed by atoms with van der Waals surface area (Å²) >= 11 is 0. The van der Waals surface area contributed by atoms with Gasteiger partial charge >= 0.3 is 11.9 Å². The molecule has 0 radical (unpaired) electrons. The summed E-state index contributed by atoms with van der Waals surface area (Å²) in [6.07, 6.45) is 3.54. The molecular weight excluding hydrogens is 310 g/mol. The van der Waals surface area contributed by atoms with Crippen LogP contribution in [0.3, 0.4) is 0 Å². The minimum atomic E-state index is -1.03. The number of aliphatic carboxylic acids is 1. The minimum Gasteiger partial charge on any atom is -0.481 e. The maximum absolute atomic E-state index is 12.1. The van der Waals surface area contributed by atoms with Gasteiger partial charge in [0.1, 0.15) is 0 Å². The highest BCUT2D eigenvalue weighted by Gasteiger charge is 2.26. The summed E-state index contributed by atoms with van der Waals surface area (Å²) in [5.41, 5.74) is 0.637. The van der Waals surface area contributed by atoms with Crippen LogP contribution in [-0.4, -0.2) is 28.1 Å². The standard InChI is InChI=1S/C18H25NO5/c1-3-4-5-6-15(18(23)24)12(2)11-16(20)19-14-9-7-13(8-10-14)17(21)22/h7-10,12,15H,3-6,11H2,1-2H3,(H,19,20)(H,21,22)(H,23,24)/t12-,15-/m0/s1. The summed E-state index contributed by atoms with van der Waals surface area (Å²) in [4.78, 5) is 34.3. The highest BCUT2D eigenvalue weighted by atomic mass is 16.4. The predicted molar refractivity (Wildman–Crippen MR) is 91.1 cm³/mol. The van der Waals surface area contributed by atoms with Gasteiger partial charge in [-0.05, 0) is 36.6 Å². The summed E-state index contributed by atoms with van der Waals surface area (Å²) in [6.45, 7) is 3.83. The lowest BCUT2D eigenvalue weighted by atomic mass is 9.86. The number of amides is 1. The summed E-state index contributed by atoms with van der Waals surface area (Å²) in [5.74, 6) is -2.96. The number of aromatic carboxylic acids is 1. The van der Waals surface area contributed by atoms with Crippen molar-refractivity contribution >= 4 is 23.5 Å². The van der Waals surface area contributed by atoms with Crippen molar-refractivity contribution in [1.29, 1.82) is 0 Å². The van der Waals surface area contributed by atoms with Gasteiger partial charge in [0.2, 0.25) is 5.91 Å². The first kappa shape index (κ1) is 19.7. The number of benzene rings is 1. The second-order valence-corrected chi connectivity index (χ2v) is 6.05. The molecule has 0 aromatic heterocycles. The third-order valence-corrected chi connectivity index (χ3v) is 4.05. The van der Waals surface area contributed by atoms with Crippen molar-refractivity contribution in [2.45, 2.75) is 46.0 Å². The van der Waals surface area contributed by atoms with Gasteiger partial charge in [0.05, 0.1) is 11.5 Å². The van der Waals surface area contributed by atoms with Crippen molar-refractivity contribution in [2.75, 3.05) is 5.32 Å². The van der Waals surface area contributed by atoms with E-state index in [1.54, 1.807) is 6.92 Å². The van der Waals surface area contributed by atoms with Crippen molar-refractivity contribution in [3.8, 4) is 0 Å². The van der Waals surface area contributed by atoms with Crippen LogP contribution in [0.4, 0.5) is 5.69 Å². The lowest BCUT2D eigenvalue weighted by molar-refractivity contribution is -0.144. The summed E-state index contributed by atoms with van der Waals surface area (Å²) in [7, 11) is 0. The monoisotopic (exact) mass is 335 g/mol. The van der Waals surface area contributed by atoms with Gasteiger partial charge in [-0.1, -0.05) is 33.1 Å². The third kappa shape index (κ3) is 6.40. The molecule has 2 atom stereocenters. The van der Waals surface area contributed by atoms with Gasteiger partial charge in [0.25, 0.3) is 0 Å². The normalized spacial score (nSPS) is 13.1. The van der Waals surface area contributed by atoms with Gasteiger partial charge in [0.15, 0.2) is 0 Å². The van der Waals surface area contributed by atoms with E-state index in [4.69, 9.17) is 5.11 Å². The van der Waals surface area contributed by atoms with Gasteiger partial charge in [-0.25, -0.2) is 4.79 Å². The second-order valence-electron chi connectivity index (χ2n) is 6.05. The van der Waals surface area contributed by atoms with Crippen LogP contribution in [0.15, 0.2) is 24.3 Å². The molecule has 0 saturated carbocycles. The number of rotatable bonds is 10. The van der Waals surface area contributed by atoms with Gasteiger partial charge in [0, 0.05) is 12.1 Å². The van der Waals surface area contributed by atoms with Gasteiger partial charge in [-0.3, -0.25) is 9.59 Å². The van der Waals surface area contributed by atoms with Crippen LogP contribution < -0.4 is 5.32 Å². The zero-order valence-corrected chi connectivity index (χ0v) is 14.1. The van der Waals surface area contributed by atoms with Crippen LogP contribution in [0.2, 0.25) is 0 Å². The second kappa shape index (κ2) is 9.70. The van der Waals surface area contributed by atoms with E-state index in [1.165, 1.54) is 24.3 Å². The van der Waals surface area contributed by atoms with E-state index in [-0.39, 0.29) is 23.8 Å². The molecule has 1 rings (SSSR count). The van der Waals surface area contributed by atoms with Gasteiger partial charge < -0.3 is 15.5 Å². The SMILES string of the molecule is CCCCC[C@H](C(=O)O)[C@@H](C)CC(=O)Nc1ccc(C(=O)O)cc1. The molecule has 0 unspecified atom stereocenters. The van der Waals surface area contributed by atoms with E-state index in [0.717, 1.165) is 19.3 Å². The van der Waals surface area contributed by atoms with Crippen LogP contribution in [0.25, 0.3) is 0 Å². The molecule has 0 aliphatic heterocycles. The molecule has 1 aromatic carbocycles. The summed E-state index contributed by atoms with van der Waals surface area (Å²) < 4.78 is 0. The molecule has 0 saturated heterocycles. The Morgan fingerprint density at radius 3 is 2.21 bits per heavy atom. The summed E-state index contributed by atoms with van der Waals surface area (Å²) in [5, 5.41) is 20.9. The van der Waals surface area contributed by atoms with E-state index in [0.29, 0.717) is 12.1 Å². The maximum Gasteiger partial charge on any atom is 0.335 e. The van der Waals surface area contributed by atoms with Crippen LogP contribution in [0, 0.1) is 11.8 Å². The van der Waals surface area contributed by atoms with Crippen molar-refractivity contribution < 1.29 is 24.6 Å². The molecular formula is C18H25NO5. The van der Waals surface area contributed by atoms with Crippen molar-refractivity contribution in [3.05, 3.63) is 29.8 Å². The average molecular weight is 335 g/mol. The zero-order valence-electron chi connectivity index (χ0n) is 14.1. The molecule has 0 aliphatic rings. The first-order valence-corrected chi connectivity index (χ1v) is 8.21. The number of carbonyl (C=O) groups is 3. The molecule has 132 valence electrons. The number of carboxylic acids is 2. The number of carboxylic acid groups (broad SMARTS) is 2. The Balaban J connectivity index is 2.57. The lowest BCUT2D eigenvalue weighted by Crippen LogP contribution is -2.26. The first-order chi connectivity index (χ1) is 11.3. The van der Waals surface area contributed by atoms with Crippen molar-refractivity contribution in [2.24, 2.45) is 11.8 Å². The molecule has 6 nitrogen and oxygen atoms in total. The largest absolute Gasteiger partial charge is 0.481 e. The van der Waals surface area contributed by atoms with E-state index < -0.39 is 17.9 Å². The molecule has 1 aromatic rings. The Bertz CT molecular complexity index is 567. The number of hydrogen-bond acceptors (Lipinski definition) is 3. The molecule has 3 N–H and O–H groups in total. The maximum atomic E-state index is 12.1. The topological polar surface area (TPSA) is 104 Å². The Labute approximate surface area is 141 Å². The van der Waals surface area contributed by atoms with E-state index in [9.17, 15) is 19.5 Å². The molecule has 0 fully saturated rings. The molecule has 1 amide bonds. The molecule has 0 aliphatic carbocycles. The Morgan fingerprint density at radius 1 is 1.08 bits per heavy atom. The minimum absolute atomic E-state index is 0.115. The Hall–Kier alpha value is -2.37. The highest BCUT2D eigenvalue weighted by molar-refractivity contribution is 5.92. The van der Waals surface area contributed by atoms with Crippen LogP contribution >= 0.6 is 0 Å². The number of carbonyl (C=O) groups excluding carboxylic acids is 1. The number of hydrogen-bond donors (Lipinski definition) is 3. The molecule has 6 heteroatoms.